The molecule has 1 aliphatic rings. The van der Waals surface area contributed by atoms with Crippen molar-refractivity contribution in [3.8, 4) is 0 Å². The van der Waals surface area contributed by atoms with Gasteiger partial charge in [0.1, 0.15) is 5.76 Å². The van der Waals surface area contributed by atoms with Crippen LogP contribution in [0.1, 0.15) is 40.5 Å². The van der Waals surface area contributed by atoms with Crippen LogP contribution in [0.2, 0.25) is 0 Å². The lowest BCUT2D eigenvalue weighted by Crippen LogP contribution is -2.30. The first-order valence-corrected chi connectivity index (χ1v) is 5.49. The quantitative estimate of drug-likeness (QED) is 0.755. The van der Waals surface area contributed by atoms with E-state index in [9.17, 15) is 0 Å². The van der Waals surface area contributed by atoms with Crippen molar-refractivity contribution in [3.05, 3.63) is 11.8 Å². The molecular weight excluding hydrogens is 174 g/mol. The van der Waals surface area contributed by atoms with E-state index in [0.717, 1.165) is 25.2 Å². The zero-order valence-electron chi connectivity index (χ0n) is 9.84. The van der Waals surface area contributed by atoms with Gasteiger partial charge in [-0.25, -0.2) is 0 Å². The van der Waals surface area contributed by atoms with Gasteiger partial charge in [0.25, 0.3) is 0 Å². The predicted molar refractivity (Wildman–Crippen MR) is 59.9 cm³/mol. The molecule has 1 rings (SSSR count). The van der Waals surface area contributed by atoms with Gasteiger partial charge in [0.05, 0.1) is 12.6 Å². The average Bonchev–Trinajstić information content (AvgIpc) is 2.53. The minimum absolute atomic E-state index is 0.0896. The van der Waals surface area contributed by atoms with E-state index >= 15 is 0 Å². The highest BCUT2D eigenvalue weighted by atomic mass is 16.5. The van der Waals surface area contributed by atoms with E-state index in [2.05, 4.69) is 33.8 Å². The summed E-state index contributed by atoms with van der Waals surface area (Å²) in [6, 6.07) is 0.0896. The second-order valence-corrected chi connectivity index (χ2v) is 5.35. The summed E-state index contributed by atoms with van der Waals surface area (Å²) in [5.74, 6) is 1.61. The van der Waals surface area contributed by atoms with Gasteiger partial charge in [-0.2, -0.15) is 0 Å². The molecule has 0 radical (unpaired) electrons. The Balaban J connectivity index is 2.44. The third-order valence-corrected chi connectivity index (χ3v) is 3.18. The monoisotopic (exact) mass is 197 g/mol. The molecule has 0 fully saturated rings. The van der Waals surface area contributed by atoms with E-state index in [-0.39, 0.29) is 6.04 Å². The summed E-state index contributed by atoms with van der Waals surface area (Å²) in [5.41, 5.74) is 6.41. The lowest BCUT2D eigenvalue weighted by atomic mass is 9.78. The second kappa shape index (κ2) is 4.35. The van der Waals surface area contributed by atoms with Crippen molar-refractivity contribution >= 4 is 0 Å². The maximum Gasteiger partial charge on any atom is 0.109 e. The first kappa shape index (κ1) is 11.6. The van der Waals surface area contributed by atoms with Crippen LogP contribution in [-0.2, 0) is 4.74 Å². The fourth-order valence-electron chi connectivity index (χ4n) is 1.55. The number of nitrogens with two attached hydrogens (primary N) is 1. The lowest BCUT2D eigenvalue weighted by molar-refractivity contribution is 0.191. The number of hydrogen-bond acceptors (Lipinski definition) is 2. The van der Waals surface area contributed by atoms with Gasteiger partial charge in [0.2, 0.25) is 0 Å². The standard InChI is InChI=1S/C12H23NO/c1-9(12(2,3)4)8-10(13)11-6-5-7-14-11/h6,9-10H,5,7-8,13H2,1-4H3. The van der Waals surface area contributed by atoms with Crippen molar-refractivity contribution in [2.24, 2.45) is 17.1 Å². The molecule has 0 aromatic heterocycles. The Morgan fingerprint density at radius 3 is 2.57 bits per heavy atom. The molecule has 14 heavy (non-hydrogen) atoms. The number of hydrogen-bond donors (Lipinski definition) is 1. The van der Waals surface area contributed by atoms with Gasteiger partial charge in [-0.1, -0.05) is 27.7 Å². The molecule has 1 heterocycles. The highest BCUT2D eigenvalue weighted by Gasteiger charge is 2.24. The Hall–Kier alpha value is -0.500. The fourth-order valence-corrected chi connectivity index (χ4v) is 1.55. The molecule has 0 spiro atoms. The minimum atomic E-state index is 0.0896. The molecule has 0 saturated carbocycles. The smallest absolute Gasteiger partial charge is 0.109 e. The minimum Gasteiger partial charge on any atom is -0.496 e. The summed E-state index contributed by atoms with van der Waals surface area (Å²) in [4.78, 5) is 0. The van der Waals surface area contributed by atoms with Crippen molar-refractivity contribution in [2.45, 2.75) is 46.6 Å². The van der Waals surface area contributed by atoms with Crippen molar-refractivity contribution < 1.29 is 4.74 Å². The zero-order chi connectivity index (χ0) is 10.8. The molecule has 0 amide bonds. The Morgan fingerprint density at radius 1 is 1.50 bits per heavy atom. The van der Waals surface area contributed by atoms with Gasteiger partial charge < -0.3 is 10.5 Å². The molecule has 2 nitrogen and oxygen atoms in total. The molecule has 0 aromatic rings. The molecule has 0 bridgehead atoms. The van der Waals surface area contributed by atoms with Crippen LogP contribution < -0.4 is 5.73 Å². The van der Waals surface area contributed by atoms with Crippen molar-refractivity contribution in [2.75, 3.05) is 6.61 Å². The summed E-state index contributed by atoms with van der Waals surface area (Å²) in [7, 11) is 0. The van der Waals surface area contributed by atoms with Crippen LogP contribution in [0, 0.1) is 11.3 Å². The van der Waals surface area contributed by atoms with Gasteiger partial charge >= 0.3 is 0 Å². The third-order valence-electron chi connectivity index (χ3n) is 3.18. The van der Waals surface area contributed by atoms with Gasteiger partial charge in [-0.15, -0.1) is 0 Å². The molecular formula is C12H23NO. The summed E-state index contributed by atoms with van der Waals surface area (Å²) in [6.07, 6.45) is 4.16. The van der Waals surface area contributed by atoms with E-state index in [1.807, 2.05) is 0 Å². The van der Waals surface area contributed by atoms with E-state index in [4.69, 9.17) is 10.5 Å². The molecule has 2 heteroatoms. The zero-order valence-corrected chi connectivity index (χ0v) is 9.84. The summed E-state index contributed by atoms with van der Waals surface area (Å²) in [6.45, 7) is 9.85. The first-order valence-electron chi connectivity index (χ1n) is 5.49. The maximum atomic E-state index is 6.08. The number of ether oxygens (including phenoxy) is 1. The van der Waals surface area contributed by atoms with Gasteiger partial charge in [0.15, 0.2) is 0 Å². The highest BCUT2D eigenvalue weighted by Crippen LogP contribution is 2.30. The van der Waals surface area contributed by atoms with Crippen molar-refractivity contribution in [1.29, 1.82) is 0 Å². The summed E-state index contributed by atoms with van der Waals surface area (Å²) in [5, 5.41) is 0. The Kier molecular flexibility index (Phi) is 3.59. The molecule has 0 aliphatic carbocycles. The Bertz CT molecular complexity index is 215. The van der Waals surface area contributed by atoms with Gasteiger partial charge in [-0.3, -0.25) is 0 Å². The molecule has 2 atom stereocenters. The van der Waals surface area contributed by atoms with Crippen molar-refractivity contribution in [3.63, 3.8) is 0 Å². The fraction of sp³-hybridized carbons (Fsp3) is 0.833. The molecule has 82 valence electrons. The molecule has 2 unspecified atom stereocenters. The van der Waals surface area contributed by atoms with Crippen LogP contribution in [0.4, 0.5) is 0 Å². The van der Waals surface area contributed by atoms with Crippen LogP contribution in [-0.4, -0.2) is 12.6 Å². The molecule has 1 aliphatic heterocycles. The average molecular weight is 197 g/mol. The van der Waals surface area contributed by atoms with E-state index in [1.165, 1.54) is 0 Å². The van der Waals surface area contributed by atoms with E-state index < -0.39 is 0 Å². The normalized spacial score (nSPS) is 21.4. The third kappa shape index (κ3) is 3.02. The van der Waals surface area contributed by atoms with Crippen LogP contribution in [0.25, 0.3) is 0 Å². The largest absolute Gasteiger partial charge is 0.496 e. The van der Waals surface area contributed by atoms with E-state index in [1.54, 1.807) is 0 Å². The lowest BCUT2D eigenvalue weighted by Gasteiger charge is -2.29. The number of rotatable bonds is 3. The molecule has 0 saturated heterocycles. The van der Waals surface area contributed by atoms with Crippen LogP contribution in [0.3, 0.4) is 0 Å². The Morgan fingerprint density at radius 2 is 2.14 bits per heavy atom. The Labute approximate surface area is 87.5 Å². The maximum absolute atomic E-state index is 6.08. The van der Waals surface area contributed by atoms with Crippen LogP contribution >= 0.6 is 0 Å². The molecule has 2 N–H and O–H groups in total. The first-order chi connectivity index (χ1) is 6.41. The highest BCUT2D eigenvalue weighted by molar-refractivity contribution is 5.06. The topological polar surface area (TPSA) is 35.2 Å². The predicted octanol–water partition coefficient (Wildman–Crippen LogP) is 2.69. The SMILES string of the molecule is CC(CC(N)C1=CCCO1)C(C)(C)C. The van der Waals surface area contributed by atoms with Gasteiger partial charge in [-0.05, 0) is 23.8 Å². The van der Waals surface area contributed by atoms with Crippen LogP contribution in [0.15, 0.2) is 11.8 Å². The summed E-state index contributed by atoms with van der Waals surface area (Å²) < 4.78 is 5.46. The van der Waals surface area contributed by atoms with Crippen molar-refractivity contribution in [1.82, 2.24) is 0 Å². The molecule has 0 aromatic carbocycles. The second-order valence-electron chi connectivity index (χ2n) is 5.35. The summed E-state index contributed by atoms with van der Waals surface area (Å²) >= 11 is 0. The van der Waals surface area contributed by atoms with Crippen LogP contribution in [0.5, 0.6) is 0 Å². The van der Waals surface area contributed by atoms with E-state index in [0.29, 0.717) is 11.3 Å². The van der Waals surface area contributed by atoms with Gasteiger partial charge in [0, 0.05) is 6.42 Å².